The first-order chi connectivity index (χ1) is 10.3. The van der Waals surface area contributed by atoms with Crippen LogP contribution < -0.4 is 5.56 Å². The van der Waals surface area contributed by atoms with Gasteiger partial charge in [-0.05, 0) is 49.7 Å². The lowest BCUT2D eigenvalue weighted by atomic mass is 10.2. The largest absolute Gasteiger partial charge is 0.300 e. The number of halogens is 1. The molecule has 2 aromatic rings. The summed E-state index contributed by atoms with van der Waals surface area (Å²) < 4.78 is 26.8. The Labute approximate surface area is 134 Å². The van der Waals surface area contributed by atoms with Gasteiger partial charge in [0.25, 0.3) is 5.56 Å². The number of aryl methyl sites for hydroxylation is 2. The van der Waals surface area contributed by atoms with Crippen molar-refractivity contribution in [2.24, 2.45) is 0 Å². The second kappa shape index (κ2) is 5.99. The number of aromatic nitrogens is 1. The summed E-state index contributed by atoms with van der Waals surface area (Å²) in [6, 6.07) is 7.33. The van der Waals surface area contributed by atoms with Crippen molar-refractivity contribution in [3.63, 3.8) is 0 Å². The second-order valence-corrected chi connectivity index (χ2v) is 7.17. The van der Waals surface area contributed by atoms with Crippen LogP contribution in [0.5, 0.6) is 0 Å². The van der Waals surface area contributed by atoms with Gasteiger partial charge in [0.05, 0.1) is 11.4 Å². The first-order valence-electron chi connectivity index (χ1n) is 6.44. The van der Waals surface area contributed by atoms with Crippen molar-refractivity contribution < 1.29 is 8.42 Å². The second-order valence-electron chi connectivity index (χ2n) is 4.85. The highest BCUT2D eigenvalue weighted by molar-refractivity contribution is 7.91. The monoisotopic (exact) mass is 335 g/mol. The van der Waals surface area contributed by atoms with E-state index in [-0.39, 0.29) is 16.3 Å². The van der Waals surface area contributed by atoms with Crippen LogP contribution in [0.25, 0.3) is 0 Å². The van der Waals surface area contributed by atoms with Crippen LogP contribution in [0.3, 0.4) is 0 Å². The fourth-order valence-electron chi connectivity index (χ4n) is 2.25. The van der Waals surface area contributed by atoms with Crippen LogP contribution in [-0.2, 0) is 16.4 Å². The summed E-state index contributed by atoms with van der Waals surface area (Å²) in [6.45, 7) is 3.33. The van der Waals surface area contributed by atoms with Crippen LogP contribution in [-0.4, -0.2) is 13.0 Å². The molecule has 0 saturated carbocycles. The molecule has 0 fully saturated rings. The fourth-order valence-corrected chi connectivity index (χ4v) is 3.93. The molecule has 22 heavy (non-hydrogen) atoms. The zero-order chi connectivity index (χ0) is 16.5. The molecule has 0 saturated heterocycles. The quantitative estimate of drug-likeness (QED) is 0.810. The van der Waals surface area contributed by atoms with Crippen LogP contribution in [0.2, 0.25) is 5.02 Å². The van der Waals surface area contributed by atoms with Crippen molar-refractivity contribution in [2.45, 2.75) is 30.2 Å². The van der Waals surface area contributed by atoms with Crippen LogP contribution in [0, 0.1) is 26.2 Å². The van der Waals surface area contributed by atoms with E-state index >= 15 is 0 Å². The molecule has 0 radical (unpaired) electrons. The molecule has 0 bridgehead atoms. The standard InChI is InChI=1S/C16H14ClNO3S/c1-4-9-18-12(3)10-11(2)15(16(18)19)22(20,21)14-7-5-13(17)6-8-14/h1,5-8,10H,9H2,2-3H3. The molecule has 1 aromatic heterocycles. The predicted molar refractivity (Wildman–Crippen MR) is 85.9 cm³/mol. The number of hydrogen-bond acceptors (Lipinski definition) is 3. The topological polar surface area (TPSA) is 56.1 Å². The summed E-state index contributed by atoms with van der Waals surface area (Å²) in [5, 5.41) is 0.421. The van der Waals surface area contributed by atoms with E-state index in [1.165, 1.54) is 28.8 Å². The third kappa shape index (κ3) is 2.80. The number of rotatable bonds is 3. The lowest BCUT2D eigenvalue weighted by Gasteiger charge is -2.13. The number of nitrogens with zero attached hydrogens (tertiary/aromatic N) is 1. The van der Waals surface area contributed by atoms with E-state index < -0.39 is 15.4 Å². The van der Waals surface area contributed by atoms with E-state index in [0.29, 0.717) is 16.3 Å². The SMILES string of the molecule is C#CCn1c(C)cc(C)c(S(=O)(=O)c2ccc(Cl)cc2)c1=O. The van der Waals surface area contributed by atoms with Gasteiger partial charge >= 0.3 is 0 Å². The van der Waals surface area contributed by atoms with Gasteiger partial charge in [0, 0.05) is 10.7 Å². The molecule has 0 spiro atoms. The number of sulfone groups is 1. The van der Waals surface area contributed by atoms with E-state index in [2.05, 4.69) is 5.92 Å². The summed E-state index contributed by atoms with van der Waals surface area (Å²) in [5.41, 5.74) is 0.409. The summed E-state index contributed by atoms with van der Waals surface area (Å²) in [6.07, 6.45) is 5.25. The highest BCUT2D eigenvalue weighted by Gasteiger charge is 2.25. The van der Waals surface area contributed by atoms with Crippen LogP contribution >= 0.6 is 11.6 Å². The highest BCUT2D eigenvalue weighted by atomic mass is 35.5. The molecule has 0 aliphatic heterocycles. The Bertz CT molecular complexity index is 920. The van der Waals surface area contributed by atoms with E-state index in [1.807, 2.05) is 0 Å². The lowest BCUT2D eigenvalue weighted by molar-refractivity contribution is 0.591. The Kier molecular flexibility index (Phi) is 4.45. The minimum atomic E-state index is -3.94. The van der Waals surface area contributed by atoms with Crippen molar-refractivity contribution >= 4 is 21.4 Å². The van der Waals surface area contributed by atoms with Gasteiger partial charge < -0.3 is 4.57 Å². The van der Waals surface area contributed by atoms with Gasteiger partial charge in [-0.15, -0.1) is 6.42 Å². The minimum absolute atomic E-state index is 0.0215. The van der Waals surface area contributed by atoms with Crippen molar-refractivity contribution in [1.29, 1.82) is 0 Å². The van der Waals surface area contributed by atoms with Crippen LogP contribution in [0.15, 0.2) is 44.9 Å². The van der Waals surface area contributed by atoms with Gasteiger partial charge in [0.15, 0.2) is 0 Å². The lowest BCUT2D eigenvalue weighted by Crippen LogP contribution is -2.28. The maximum Gasteiger partial charge on any atom is 0.271 e. The normalized spacial score (nSPS) is 11.2. The zero-order valence-corrected chi connectivity index (χ0v) is 13.7. The molecule has 114 valence electrons. The molecule has 6 heteroatoms. The summed E-state index contributed by atoms with van der Waals surface area (Å²) in [7, 11) is -3.94. The molecule has 0 atom stereocenters. The Hall–Kier alpha value is -2.03. The molecule has 1 aromatic carbocycles. The summed E-state index contributed by atoms with van der Waals surface area (Å²) in [4.78, 5) is 12.3. The van der Waals surface area contributed by atoms with Crippen molar-refractivity contribution in [2.75, 3.05) is 0 Å². The van der Waals surface area contributed by atoms with E-state index in [0.717, 1.165) is 0 Å². The maximum absolute atomic E-state index is 12.7. The van der Waals surface area contributed by atoms with Gasteiger partial charge in [-0.3, -0.25) is 4.79 Å². The van der Waals surface area contributed by atoms with E-state index in [9.17, 15) is 13.2 Å². The predicted octanol–water partition coefficient (Wildman–Crippen LogP) is 2.58. The Morgan fingerprint density at radius 1 is 1.23 bits per heavy atom. The first kappa shape index (κ1) is 16.3. The van der Waals surface area contributed by atoms with Gasteiger partial charge in [-0.2, -0.15) is 0 Å². The molecule has 2 rings (SSSR count). The van der Waals surface area contributed by atoms with Gasteiger partial charge in [0.2, 0.25) is 9.84 Å². The molecular formula is C16H14ClNO3S. The average Bonchev–Trinajstić information content (AvgIpc) is 2.43. The molecule has 0 aliphatic carbocycles. The highest BCUT2D eigenvalue weighted by Crippen LogP contribution is 2.23. The van der Waals surface area contributed by atoms with Crippen molar-refractivity contribution in [1.82, 2.24) is 4.57 Å². The average molecular weight is 336 g/mol. The first-order valence-corrected chi connectivity index (χ1v) is 8.30. The number of benzene rings is 1. The molecule has 0 aliphatic rings. The molecule has 0 amide bonds. The number of pyridine rings is 1. The van der Waals surface area contributed by atoms with Gasteiger partial charge in [0.1, 0.15) is 4.90 Å². The van der Waals surface area contributed by atoms with Gasteiger partial charge in [-0.1, -0.05) is 17.5 Å². The minimum Gasteiger partial charge on any atom is -0.300 e. The van der Waals surface area contributed by atoms with Crippen molar-refractivity contribution in [3.8, 4) is 12.3 Å². The molecular weight excluding hydrogens is 322 g/mol. The Morgan fingerprint density at radius 2 is 1.82 bits per heavy atom. The molecule has 0 N–H and O–H groups in total. The molecule has 1 heterocycles. The third-order valence-electron chi connectivity index (χ3n) is 3.29. The molecule has 4 nitrogen and oxygen atoms in total. The molecule has 0 unspecified atom stereocenters. The van der Waals surface area contributed by atoms with Crippen LogP contribution in [0.4, 0.5) is 0 Å². The van der Waals surface area contributed by atoms with E-state index in [1.54, 1.807) is 19.9 Å². The van der Waals surface area contributed by atoms with Crippen molar-refractivity contribution in [3.05, 3.63) is 57.0 Å². The van der Waals surface area contributed by atoms with E-state index in [4.69, 9.17) is 18.0 Å². The smallest absolute Gasteiger partial charge is 0.271 e. The maximum atomic E-state index is 12.7. The summed E-state index contributed by atoms with van der Waals surface area (Å²) in [5.74, 6) is 2.36. The third-order valence-corrected chi connectivity index (χ3v) is 5.47. The zero-order valence-electron chi connectivity index (χ0n) is 12.1. The number of hydrogen-bond donors (Lipinski definition) is 0. The Balaban J connectivity index is 2.77. The van der Waals surface area contributed by atoms with Crippen LogP contribution in [0.1, 0.15) is 11.3 Å². The number of terminal acetylenes is 1. The Morgan fingerprint density at radius 3 is 2.36 bits per heavy atom. The van der Waals surface area contributed by atoms with Gasteiger partial charge in [-0.25, -0.2) is 8.42 Å². The summed E-state index contributed by atoms with van der Waals surface area (Å²) >= 11 is 5.77. The fraction of sp³-hybridized carbons (Fsp3) is 0.188.